The molecule has 1 heterocycles. The Labute approximate surface area is 197 Å². The van der Waals surface area contributed by atoms with Crippen LogP contribution in [0.5, 0.6) is 5.75 Å². The van der Waals surface area contributed by atoms with Gasteiger partial charge in [-0.05, 0) is 37.1 Å². The smallest absolute Gasteiger partial charge is 0.337 e. The summed E-state index contributed by atoms with van der Waals surface area (Å²) in [6, 6.07) is 6.74. The van der Waals surface area contributed by atoms with E-state index in [9.17, 15) is 29.4 Å². The van der Waals surface area contributed by atoms with Gasteiger partial charge in [0.25, 0.3) is 0 Å². The molecule has 2 rings (SSSR count). The minimum absolute atomic E-state index is 0.0532. The number of aromatic nitrogens is 3. The van der Waals surface area contributed by atoms with Crippen LogP contribution in [0.25, 0.3) is 0 Å². The molecule has 0 bridgehead atoms. The van der Waals surface area contributed by atoms with E-state index in [2.05, 4.69) is 11.3 Å². The van der Waals surface area contributed by atoms with Crippen molar-refractivity contribution >= 4 is 5.97 Å². The monoisotopic (exact) mass is 479 g/mol. The van der Waals surface area contributed by atoms with Gasteiger partial charge in [0.1, 0.15) is 5.75 Å². The standard InChI is InChI=1S/C14H23N3O5.C9H10O3/c1-4-7-15-12(20)16(8-10(18)5-2)14(22)17(13(15)21)9-11(19)6-3;1-11-8-5-3-7(4-6-8)9(10)12-2/h4,10-11,18-19H,1,5-9H2,2-3H3;3-6H,1-2H3. The molecular formula is C23H33N3O8. The summed E-state index contributed by atoms with van der Waals surface area (Å²) in [5, 5.41) is 19.4. The molecule has 11 nitrogen and oxygen atoms in total. The van der Waals surface area contributed by atoms with Crippen LogP contribution in [0.3, 0.4) is 0 Å². The molecule has 1 aromatic carbocycles. The summed E-state index contributed by atoms with van der Waals surface area (Å²) < 4.78 is 12.0. The number of carbonyl (C=O) groups excluding carboxylic acids is 1. The number of rotatable bonds is 10. The molecule has 0 saturated heterocycles. The normalized spacial score (nSPS) is 12.2. The van der Waals surface area contributed by atoms with Crippen LogP contribution in [0.2, 0.25) is 0 Å². The predicted molar refractivity (Wildman–Crippen MR) is 126 cm³/mol. The van der Waals surface area contributed by atoms with Crippen molar-refractivity contribution in [1.29, 1.82) is 0 Å². The number of aliphatic hydroxyl groups is 2. The second kappa shape index (κ2) is 14.0. The van der Waals surface area contributed by atoms with E-state index in [1.807, 2.05) is 0 Å². The third-order valence-corrected chi connectivity index (χ3v) is 4.94. The zero-order valence-electron chi connectivity index (χ0n) is 20.0. The highest BCUT2D eigenvalue weighted by Gasteiger charge is 2.18. The van der Waals surface area contributed by atoms with Crippen LogP contribution in [0.15, 0.2) is 51.3 Å². The highest BCUT2D eigenvalue weighted by molar-refractivity contribution is 5.89. The predicted octanol–water partition coefficient (Wildman–Crippen LogP) is 0.381. The van der Waals surface area contributed by atoms with Crippen molar-refractivity contribution in [3.05, 3.63) is 73.9 Å². The lowest BCUT2D eigenvalue weighted by Crippen LogP contribution is -2.56. The number of benzene rings is 1. The molecule has 1 aromatic heterocycles. The van der Waals surface area contributed by atoms with Gasteiger partial charge in [-0.1, -0.05) is 19.9 Å². The van der Waals surface area contributed by atoms with E-state index in [1.165, 1.54) is 13.2 Å². The van der Waals surface area contributed by atoms with Crippen LogP contribution >= 0.6 is 0 Å². The van der Waals surface area contributed by atoms with E-state index in [0.717, 1.165) is 19.5 Å². The molecule has 2 atom stereocenters. The van der Waals surface area contributed by atoms with Crippen molar-refractivity contribution in [2.45, 2.75) is 58.5 Å². The van der Waals surface area contributed by atoms with E-state index in [1.54, 1.807) is 45.2 Å². The number of nitrogens with zero attached hydrogens (tertiary/aromatic N) is 3. The molecule has 0 aliphatic rings. The summed E-state index contributed by atoms with van der Waals surface area (Å²) >= 11 is 0. The zero-order chi connectivity index (χ0) is 25.8. The highest BCUT2D eigenvalue weighted by Crippen LogP contribution is 2.11. The van der Waals surface area contributed by atoms with Crippen molar-refractivity contribution in [1.82, 2.24) is 13.7 Å². The Hall–Kier alpha value is -3.44. The fraction of sp³-hybridized carbons (Fsp3) is 0.478. The maximum absolute atomic E-state index is 12.3. The summed E-state index contributed by atoms with van der Waals surface area (Å²) in [5.41, 5.74) is -1.87. The van der Waals surface area contributed by atoms with Crippen LogP contribution in [-0.4, -0.2) is 56.3 Å². The summed E-state index contributed by atoms with van der Waals surface area (Å²) in [5.74, 6) is 0.389. The van der Waals surface area contributed by atoms with Gasteiger partial charge >= 0.3 is 23.0 Å². The quantitative estimate of drug-likeness (QED) is 0.368. The molecular weight excluding hydrogens is 446 g/mol. The molecule has 0 aliphatic heterocycles. The molecule has 2 aromatic rings. The zero-order valence-corrected chi connectivity index (χ0v) is 20.0. The van der Waals surface area contributed by atoms with Gasteiger partial charge in [-0.25, -0.2) is 32.9 Å². The number of carbonyl (C=O) groups is 1. The maximum Gasteiger partial charge on any atom is 0.337 e. The van der Waals surface area contributed by atoms with E-state index < -0.39 is 29.3 Å². The average molecular weight is 480 g/mol. The van der Waals surface area contributed by atoms with Crippen LogP contribution in [0, 0.1) is 0 Å². The highest BCUT2D eigenvalue weighted by atomic mass is 16.5. The van der Waals surface area contributed by atoms with Gasteiger partial charge in [0, 0.05) is 0 Å². The first-order chi connectivity index (χ1) is 16.1. The number of methoxy groups -OCH3 is 2. The first kappa shape index (κ1) is 28.6. The number of esters is 1. The molecule has 0 fully saturated rings. The third kappa shape index (κ3) is 7.56. The Morgan fingerprint density at radius 3 is 1.71 bits per heavy atom. The fourth-order valence-electron chi connectivity index (χ4n) is 2.80. The fourth-order valence-corrected chi connectivity index (χ4v) is 2.80. The van der Waals surface area contributed by atoms with Gasteiger partial charge in [-0.3, -0.25) is 0 Å². The van der Waals surface area contributed by atoms with Gasteiger partial charge < -0.3 is 19.7 Å². The van der Waals surface area contributed by atoms with E-state index in [4.69, 9.17) is 4.74 Å². The number of ether oxygens (including phenoxy) is 2. The number of hydrogen-bond donors (Lipinski definition) is 2. The lowest BCUT2D eigenvalue weighted by Gasteiger charge is -2.16. The average Bonchev–Trinajstić information content (AvgIpc) is 2.86. The molecule has 34 heavy (non-hydrogen) atoms. The summed E-state index contributed by atoms with van der Waals surface area (Å²) in [4.78, 5) is 47.8. The van der Waals surface area contributed by atoms with Gasteiger partial charge in [-0.2, -0.15) is 0 Å². The molecule has 11 heteroatoms. The van der Waals surface area contributed by atoms with Gasteiger partial charge in [0.05, 0.1) is 51.6 Å². The van der Waals surface area contributed by atoms with E-state index >= 15 is 0 Å². The Kier molecular flexibility index (Phi) is 11.7. The third-order valence-electron chi connectivity index (χ3n) is 4.94. The molecule has 0 amide bonds. The van der Waals surface area contributed by atoms with Crippen molar-refractivity contribution in [2.24, 2.45) is 0 Å². The van der Waals surface area contributed by atoms with Crippen molar-refractivity contribution < 1.29 is 24.5 Å². The van der Waals surface area contributed by atoms with Crippen molar-refractivity contribution in [2.75, 3.05) is 14.2 Å². The SMILES string of the molecule is C=CCn1c(=O)n(CC(O)CC)c(=O)n(CC(O)CC)c1=O.COC(=O)c1ccc(OC)cc1. The molecule has 2 N–H and O–H groups in total. The van der Waals surface area contributed by atoms with Crippen LogP contribution in [0.4, 0.5) is 0 Å². The number of allylic oxidation sites excluding steroid dienone is 1. The molecule has 2 unspecified atom stereocenters. The Balaban J connectivity index is 0.000000404. The van der Waals surface area contributed by atoms with Crippen LogP contribution in [0.1, 0.15) is 37.0 Å². The second-order valence-electron chi connectivity index (χ2n) is 7.31. The lowest BCUT2D eigenvalue weighted by molar-refractivity contribution is 0.0600. The van der Waals surface area contributed by atoms with Crippen molar-refractivity contribution in [3.63, 3.8) is 0 Å². The Morgan fingerprint density at radius 1 is 0.912 bits per heavy atom. The molecule has 0 radical (unpaired) electrons. The molecule has 0 aliphatic carbocycles. The van der Waals surface area contributed by atoms with Crippen molar-refractivity contribution in [3.8, 4) is 5.75 Å². The summed E-state index contributed by atoms with van der Waals surface area (Å²) in [6.45, 7) is 6.46. The van der Waals surface area contributed by atoms with Gasteiger partial charge in [0.15, 0.2) is 0 Å². The van der Waals surface area contributed by atoms with E-state index in [-0.39, 0.29) is 25.6 Å². The van der Waals surface area contributed by atoms with Crippen LogP contribution in [-0.2, 0) is 24.4 Å². The van der Waals surface area contributed by atoms with Gasteiger partial charge in [-0.15, -0.1) is 6.58 Å². The first-order valence-electron chi connectivity index (χ1n) is 10.8. The lowest BCUT2D eigenvalue weighted by atomic mass is 10.2. The first-order valence-corrected chi connectivity index (χ1v) is 10.8. The Morgan fingerprint density at radius 2 is 1.35 bits per heavy atom. The largest absolute Gasteiger partial charge is 0.497 e. The number of hydrogen-bond acceptors (Lipinski definition) is 8. The topological polar surface area (TPSA) is 142 Å². The summed E-state index contributed by atoms with van der Waals surface area (Å²) in [6.07, 6.45) is 0.358. The minimum Gasteiger partial charge on any atom is -0.497 e. The van der Waals surface area contributed by atoms with E-state index in [0.29, 0.717) is 18.4 Å². The minimum atomic E-state index is -0.871. The molecule has 0 saturated carbocycles. The summed E-state index contributed by atoms with van der Waals surface area (Å²) in [7, 11) is 2.93. The second-order valence-corrected chi connectivity index (χ2v) is 7.31. The Bertz CT molecular complexity index is 1060. The number of aliphatic hydroxyl groups excluding tert-OH is 2. The molecule has 0 spiro atoms. The van der Waals surface area contributed by atoms with Crippen LogP contribution < -0.4 is 21.8 Å². The molecule has 188 valence electrons. The van der Waals surface area contributed by atoms with Gasteiger partial charge in [0.2, 0.25) is 0 Å². The maximum atomic E-state index is 12.3.